The molecule has 5 nitrogen and oxygen atoms in total. The van der Waals surface area contributed by atoms with E-state index in [0.717, 1.165) is 18.8 Å². The van der Waals surface area contributed by atoms with Crippen molar-refractivity contribution < 1.29 is 13.9 Å². The molecule has 2 aliphatic carbocycles. The van der Waals surface area contributed by atoms with E-state index in [1.54, 1.807) is 6.26 Å². The molecule has 5 heteroatoms. The van der Waals surface area contributed by atoms with Gasteiger partial charge in [0.15, 0.2) is 0 Å². The zero-order valence-corrected chi connectivity index (χ0v) is 12.8. The molecule has 0 bridgehead atoms. The van der Waals surface area contributed by atoms with E-state index < -0.39 is 0 Å². The Kier molecular flexibility index (Phi) is 3.70. The van der Waals surface area contributed by atoms with Gasteiger partial charge in [0.1, 0.15) is 5.76 Å². The number of fused-ring (bicyclic) bond motifs is 2. The Morgan fingerprint density at radius 2 is 2.23 bits per heavy atom. The molecule has 1 saturated heterocycles. The highest BCUT2D eigenvalue weighted by molar-refractivity contribution is 5.78. The fourth-order valence-corrected chi connectivity index (χ4v) is 4.87. The van der Waals surface area contributed by atoms with Crippen molar-refractivity contribution in [1.29, 1.82) is 0 Å². The Bertz CT molecular complexity index is 522. The van der Waals surface area contributed by atoms with E-state index in [0.29, 0.717) is 36.6 Å². The lowest BCUT2D eigenvalue weighted by molar-refractivity contribution is -0.135. The van der Waals surface area contributed by atoms with Crippen LogP contribution in [0, 0.1) is 11.3 Å². The Morgan fingerprint density at radius 1 is 1.36 bits per heavy atom. The van der Waals surface area contributed by atoms with Gasteiger partial charge in [-0.2, -0.15) is 0 Å². The van der Waals surface area contributed by atoms with Gasteiger partial charge in [-0.1, -0.05) is 12.8 Å². The smallest absolute Gasteiger partial charge is 0.234 e. The molecule has 2 saturated carbocycles. The van der Waals surface area contributed by atoms with Crippen LogP contribution in [0.25, 0.3) is 0 Å². The summed E-state index contributed by atoms with van der Waals surface area (Å²) >= 11 is 0. The van der Waals surface area contributed by atoms with Gasteiger partial charge in [-0.3, -0.25) is 4.79 Å². The number of carbonyl (C=O) groups is 1. The standard InChI is InChI=1S/C17H24N2O3/c20-14(18-10-12-4-3-8-21-12)11-19-15-13-5-9-22-16(13)17(15)6-1-2-7-17/h3-4,8,13,15-16,19H,1-2,5-7,9-11H2,(H,18,20)/t13-,15+,16-/m0/s1. The predicted molar refractivity (Wildman–Crippen MR) is 81.1 cm³/mol. The molecule has 1 aromatic rings. The van der Waals surface area contributed by atoms with Gasteiger partial charge in [0, 0.05) is 24.0 Å². The van der Waals surface area contributed by atoms with E-state index in [1.165, 1.54) is 25.7 Å². The summed E-state index contributed by atoms with van der Waals surface area (Å²) < 4.78 is 11.2. The quantitative estimate of drug-likeness (QED) is 0.871. The zero-order chi connectivity index (χ0) is 15.0. The number of amides is 1. The van der Waals surface area contributed by atoms with Crippen molar-refractivity contribution in [3.63, 3.8) is 0 Å². The predicted octanol–water partition coefficient (Wildman–Crippen LogP) is 1.83. The van der Waals surface area contributed by atoms with Gasteiger partial charge in [0.2, 0.25) is 5.91 Å². The Hall–Kier alpha value is -1.33. The van der Waals surface area contributed by atoms with Crippen LogP contribution in [0.5, 0.6) is 0 Å². The highest BCUT2D eigenvalue weighted by atomic mass is 16.5. The maximum absolute atomic E-state index is 12.0. The molecule has 0 radical (unpaired) electrons. The number of nitrogens with one attached hydrogen (secondary N) is 2. The monoisotopic (exact) mass is 304 g/mol. The summed E-state index contributed by atoms with van der Waals surface area (Å²) in [5, 5.41) is 6.43. The van der Waals surface area contributed by atoms with E-state index in [1.807, 2.05) is 12.1 Å². The first-order valence-corrected chi connectivity index (χ1v) is 8.44. The molecule has 1 aromatic heterocycles. The third-order valence-corrected chi connectivity index (χ3v) is 5.81. The van der Waals surface area contributed by atoms with Crippen molar-refractivity contribution in [2.45, 2.75) is 50.8 Å². The second-order valence-corrected chi connectivity index (χ2v) is 6.90. The van der Waals surface area contributed by atoms with Crippen molar-refractivity contribution in [3.05, 3.63) is 24.2 Å². The first-order chi connectivity index (χ1) is 10.8. The third-order valence-electron chi connectivity index (χ3n) is 5.81. The number of hydrogen-bond acceptors (Lipinski definition) is 4. The number of furan rings is 1. The summed E-state index contributed by atoms with van der Waals surface area (Å²) in [6.45, 7) is 1.73. The highest BCUT2D eigenvalue weighted by Gasteiger charge is 2.64. The van der Waals surface area contributed by atoms with Crippen LogP contribution in [0.3, 0.4) is 0 Å². The molecule has 2 heterocycles. The van der Waals surface area contributed by atoms with Crippen molar-refractivity contribution in [2.24, 2.45) is 11.3 Å². The molecule has 1 amide bonds. The molecule has 1 aliphatic heterocycles. The minimum Gasteiger partial charge on any atom is -0.467 e. The molecule has 120 valence electrons. The van der Waals surface area contributed by atoms with Crippen LogP contribution in [0.2, 0.25) is 0 Å². The lowest BCUT2D eigenvalue weighted by Crippen LogP contribution is -2.68. The molecule has 2 N–H and O–H groups in total. The van der Waals surface area contributed by atoms with Crippen LogP contribution in [-0.2, 0) is 16.1 Å². The average Bonchev–Trinajstić information content (AvgIpc) is 3.25. The van der Waals surface area contributed by atoms with Gasteiger partial charge < -0.3 is 19.8 Å². The largest absolute Gasteiger partial charge is 0.467 e. The van der Waals surface area contributed by atoms with Crippen LogP contribution >= 0.6 is 0 Å². The normalized spacial score (nSPS) is 31.9. The fourth-order valence-electron chi connectivity index (χ4n) is 4.87. The summed E-state index contributed by atoms with van der Waals surface area (Å²) in [7, 11) is 0. The van der Waals surface area contributed by atoms with E-state index in [-0.39, 0.29) is 5.91 Å². The number of rotatable bonds is 5. The third kappa shape index (κ3) is 2.27. The maximum atomic E-state index is 12.0. The molecule has 4 rings (SSSR count). The minimum absolute atomic E-state index is 0.0342. The molecule has 1 spiro atoms. The van der Waals surface area contributed by atoms with Crippen LogP contribution < -0.4 is 10.6 Å². The zero-order valence-electron chi connectivity index (χ0n) is 12.8. The van der Waals surface area contributed by atoms with Crippen LogP contribution in [0.1, 0.15) is 37.9 Å². The molecule has 3 fully saturated rings. The molecular weight excluding hydrogens is 280 g/mol. The van der Waals surface area contributed by atoms with Gasteiger partial charge in [-0.15, -0.1) is 0 Å². The average molecular weight is 304 g/mol. The Labute approximate surface area is 130 Å². The summed E-state index contributed by atoms with van der Waals surface area (Å²) in [5.74, 6) is 1.43. The summed E-state index contributed by atoms with van der Waals surface area (Å²) in [4.78, 5) is 12.0. The second kappa shape index (κ2) is 5.70. The molecule has 0 unspecified atom stereocenters. The summed E-state index contributed by atoms with van der Waals surface area (Å²) in [5.41, 5.74) is 0.308. The maximum Gasteiger partial charge on any atom is 0.234 e. The van der Waals surface area contributed by atoms with E-state index in [9.17, 15) is 4.79 Å². The Morgan fingerprint density at radius 3 is 3.00 bits per heavy atom. The van der Waals surface area contributed by atoms with Gasteiger partial charge in [-0.05, 0) is 31.4 Å². The second-order valence-electron chi connectivity index (χ2n) is 6.90. The Balaban J connectivity index is 1.30. The van der Waals surface area contributed by atoms with Gasteiger partial charge in [0.05, 0.1) is 25.5 Å². The van der Waals surface area contributed by atoms with Crippen LogP contribution in [0.4, 0.5) is 0 Å². The first-order valence-electron chi connectivity index (χ1n) is 8.44. The number of carbonyl (C=O) groups excluding carboxylic acids is 1. The van der Waals surface area contributed by atoms with Crippen molar-refractivity contribution in [2.75, 3.05) is 13.2 Å². The first kappa shape index (κ1) is 14.3. The van der Waals surface area contributed by atoms with Gasteiger partial charge in [-0.25, -0.2) is 0 Å². The van der Waals surface area contributed by atoms with Crippen molar-refractivity contribution in [1.82, 2.24) is 10.6 Å². The molecule has 22 heavy (non-hydrogen) atoms. The van der Waals surface area contributed by atoms with Gasteiger partial charge in [0.25, 0.3) is 0 Å². The van der Waals surface area contributed by atoms with E-state index in [2.05, 4.69) is 10.6 Å². The lowest BCUT2D eigenvalue weighted by atomic mass is 9.54. The fraction of sp³-hybridized carbons (Fsp3) is 0.706. The number of hydrogen-bond donors (Lipinski definition) is 2. The van der Waals surface area contributed by atoms with Gasteiger partial charge >= 0.3 is 0 Å². The number of ether oxygens (including phenoxy) is 1. The van der Waals surface area contributed by atoms with E-state index >= 15 is 0 Å². The molecule has 0 aromatic carbocycles. The van der Waals surface area contributed by atoms with Crippen LogP contribution in [-0.4, -0.2) is 31.2 Å². The minimum atomic E-state index is 0.0342. The summed E-state index contributed by atoms with van der Waals surface area (Å²) in [6, 6.07) is 4.16. The highest BCUT2D eigenvalue weighted by Crippen LogP contribution is 2.60. The van der Waals surface area contributed by atoms with E-state index in [4.69, 9.17) is 9.15 Å². The van der Waals surface area contributed by atoms with Crippen molar-refractivity contribution in [3.8, 4) is 0 Å². The molecule has 3 atom stereocenters. The van der Waals surface area contributed by atoms with Crippen molar-refractivity contribution >= 4 is 5.91 Å². The van der Waals surface area contributed by atoms with Crippen LogP contribution in [0.15, 0.2) is 22.8 Å². The topological polar surface area (TPSA) is 63.5 Å². The lowest BCUT2D eigenvalue weighted by Gasteiger charge is -2.57. The SMILES string of the molecule is O=C(CN[C@@H]1[C@@H]2CCO[C@@H]2C12CCCC2)NCc1ccco1. The molecular formula is C17H24N2O3. The molecule has 3 aliphatic rings. The summed E-state index contributed by atoms with van der Waals surface area (Å²) in [6.07, 6.45) is 8.31.